The van der Waals surface area contributed by atoms with Gasteiger partial charge in [0.1, 0.15) is 0 Å². The van der Waals surface area contributed by atoms with Crippen molar-refractivity contribution in [1.82, 2.24) is 0 Å². The van der Waals surface area contributed by atoms with Crippen molar-refractivity contribution in [2.45, 2.75) is 144 Å². The second-order valence-electron chi connectivity index (χ2n) is 10.4. The quantitative estimate of drug-likeness (QED) is 0.0980. The monoisotopic (exact) mass is 510 g/mol. The Morgan fingerprint density at radius 2 is 0.879 bits per heavy atom. The summed E-state index contributed by atoms with van der Waals surface area (Å²) in [5.41, 5.74) is 0. The van der Waals surface area contributed by atoms with Crippen molar-refractivity contribution in [3.8, 4) is 0 Å². The van der Waals surface area contributed by atoms with Gasteiger partial charge in [-0.25, -0.2) is 0 Å². The molecule has 0 saturated heterocycles. The van der Waals surface area contributed by atoms with Gasteiger partial charge in [-0.1, -0.05) is 0 Å². The first-order valence-corrected chi connectivity index (χ1v) is 18.9. The minimum atomic E-state index is -4.06. The van der Waals surface area contributed by atoms with Gasteiger partial charge in [0.05, 0.1) is 0 Å². The van der Waals surface area contributed by atoms with Crippen LogP contribution in [0.4, 0.5) is 0 Å². The molecular formula is C27H60O4P2. The van der Waals surface area contributed by atoms with Crippen LogP contribution in [0.1, 0.15) is 144 Å². The van der Waals surface area contributed by atoms with E-state index in [1.165, 1.54) is 77.0 Å². The molecule has 1 atom stereocenters. The molecule has 0 aromatic heterocycles. The summed E-state index contributed by atoms with van der Waals surface area (Å²) in [6, 6.07) is 0. The van der Waals surface area contributed by atoms with Crippen molar-refractivity contribution in [1.29, 1.82) is 0 Å². The predicted molar refractivity (Wildman–Crippen MR) is 150 cm³/mol. The third-order valence-corrected chi connectivity index (χ3v) is 16.1. The van der Waals surface area contributed by atoms with E-state index >= 15 is 0 Å². The van der Waals surface area contributed by atoms with Crippen LogP contribution in [0.15, 0.2) is 0 Å². The Kier molecular flexibility index (Phi) is 20.0. The molecule has 0 heterocycles. The van der Waals surface area contributed by atoms with Crippen LogP contribution >= 0.6 is 14.7 Å². The second kappa shape index (κ2) is 19.7. The van der Waals surface area contributed by atoms with Gasteiger partial charge in [-0.3, -0.25) is 0 Å². The maximum absolute atomic E-state index is 13.3. The van der Waals surface area contributed by atoms with E-state index < -0.39 is 14.7 Å². The van der Waals surface area contributed by atoms with Gasteiger partial charge >= 0.3 is 208 Å². The van der Waals surface area contributed by atoms with E-state index in [0.717, 1.165) is 56.8 Å². The van der Waals surface area contributed by atoms with Crippen molar-refractivity contribution in [3.63, 3.8) is 0 Å². The Labute approximate surface area is 208 Å². The summed E-state index contributed by atoms with van der Waals surface area (Å²) in [5.74, 6) is 0. The molecule has 6 heteroatoms. The van der Waals surface area contributed by atoms with E-state index in [-0.39, 0.29) is 6.61 Å². The molecule has 0 aliphatic rings. The molecule has 0 aromatic rings. The van der Waals surface area contributed by atoms with Gasteiger partial charge in [-0.2, -0.15) is 0 Å². The Morgan fingerprint density at radius 3 is 1.15 bits per heavy atom. The average Bonchev–Trinajstić information content (AvgIpc) is 2.79. The van der Waals surface area contributed by atoms with E-state index in [9.17, 15) is 9.46 Å². The summed E-state index contributed by atoms with van der Waals surface area (Å²) < 4.78 is 25.4. The number of hydrogen-bond donors (Lipinski definition) is 1. The van der Waals surface area contributed by atoms with Crippen molar-refractivity contribution in [3.05, 3.63) is 0 Å². The summed E-state index contributed by atoms with van der Waals surface area (Å²) in [6.45, 7) is 8.38. The fraction of sp³-hybridized carbons (Fsp3) is 1.00. The summed E-state index contributed by atoms with van der Waals surface area (Å²) >= 11 is 0. The van der Waals surface area contributed by atoms with E-state index in [4.69, 9.17) is 8.83 Å². The van der Waals surface area contributed by atoms with Crippen molar-refractivity contribution in [2.24, 2.45) is 0 Å². The van der Waals surface area contributed by atoms with Crippen LogP contribution in [0, 0.1) is 0 Å². The van der Waals surface area contributed by atoms with Crippen LogP contribution in [-0.2, 0) is 13.4 Å². The molecule has 0 saturated carbocycles. The normalized spacial score (nSPS) is 15.3. The Morgan fingerprint density at radius 1 is 0.545 bits per heavy atom. The predicted octanol–water partition coefficient (Wildman–Crippen LogP) is 10.3. The summed E-state index contributed by atoms with van der Waals surface area (Å²) in [4.78, 5) is 10.9. The summed E-state index contributed by atoms with van der Waals surface area (Å²) in [5, 5.41) is 0. The summed E-state index contributed by atoms with van der Waals surface area (Å²) in [6.07, 6.45) is 23.8. The Hall–Kier alpha value is 0.540. The molecule has 1 unspecified atom stereocenters. The number of phosphoric acid groups is 1. The average molecular weight is 511 g/mol. The van der Waals surface area contributed by atoms with Gasteiger partial charge in [0.15, 0.2) is 0 Å². The summed E-state index contributed by atoms with van der Waals surface area (Å²) in [7, 11) is -4.06. The number of hydrogen-bond acceptors (Lipinski definition) is 3. The third-order valence-electron chi connectivity index (χ3n) is 7.10. The molecule has 0 amide bonds. The Bertz CT molecular complexity index is 439. The minimum absolute atomic E-state index is 0.289. The Balaban J connectivity index is 6.05. The van der Waals surface area contributed by atoms with E-state index in [0.29, 0.717) is 0 Å². The van der Waals surface area contributed by atoms with Gasteiger partial charge in [0, 0.05) is 0 Å². The third kappa shape index (κ3) is 15.3. The first kappa shape index (κ1) is 33.5. The zero-order valence-corrected chi connectivity index (χ0v) is 24.9. The molecule has 202 valence electrons. The number of phosphoric ester groups is 1. The molecule has 0 aliphatic carbocycles. The molecule has 0 rings (SSSR count). The molecule has 0 radical (unpaired) electrons. The van der Waals surface area contributed by atoms with Crippen LogP contribution in [-0.4, -0.2) is 36.1 Å². The molecule has 1 N–H and O–H groups in total. The van der Waals surface area contributed by atoms with Crippen molar-refractivity contribution >= 4 is 14.7 Å². The van der Waals surface area contributed by atoms with Crippen LogP contribution in [0.2, 0.25) is 0 Å². The van der Waals surface area contributed by atoms with Crippen LogP contribution in [0.5, 0.6) is 0 Å². The molecule has 0 aliphatic heterocycles. The zero-order valence-electron chi connectivity index (χ0n) is 23.1. The van der Waals surface area contributed by atoms with Gasteiger partial charge in [-0.05, 0) is 0 Å². The molecule has 0 bridgehead atoms. The fourth-order valence-electron chi connectivity index (χ4n) is 5.11. The van der Waals surface area contributed by atoms with E-state index in [1.807, 2.05) is 6.92 Å². The molecule has 4 nitrogen and oxygen atoms in total. The molecule has 0 spiro atoms. The van der Waals surface area contributed by atoms with E-state index in [2.05, 4.69) is 27.7 Å². The van der Waals surface area contributed by atoms with E-state index in [1.54, 1.807) is 0 Å². The standard InChI is InChI=1S/C27H60O4P2/c1-6-11-15-19-24-33(25-20-16-12-7-2,26-21-17-13-8-3,27-22-18-14-9-4)31-32(28,29)30-23-10-5/h6-27H2,1-5H3,(H,28,29). The second-order valence-corrected chi connectivity index (χ2v) is 17.7. The molecular weight excluding hydrogens is 450 g/mol. The molecule has 0 fully saturated rings. The first-order chi connectivity index (χ1) is 15.8. The first-order valence-electron chi connectivity index (χ1n) is 14.5. The van der Waals surface area contributed by atoms with Crippen molar-refractivity contribution in [2.75, 3.05) is 31.3 Å². The molecule has 0 aromatic carbocycles. The fourth-order valence-corrected chi connectivity index (χ4v) is 14.8. The van der Waals surface area contributed by atoms with Gasteiger partial charge in [-0.15, -0.1) is 0 Å². The maximum atomic E-state index is 13.3. The SMILES string of the molecule is CCCCCCP(CCCCCC)(CCCCCC)(CCCCCC)OP(=O)(O)OCCC. The zero-order chi connectivity index (χ0) is 24.9. The van der Waals surface area contributed by atoms with Crippen LogP contribution < -0.4 is 0 Å². The van der Waals surface area contributed by atoms with Crippen molar-refractivity contribution < 1.29 is 18.3 Å². The van der Waals surface area contributed by atoms with Gasteiger partial charge in [0.25, 0.3) is 0 Å². The molecule has 33 heavy (non-hydrogen) atoms. The van der Waals surface area contributed by atoms with Crippen LogP contribution in [0.3, 0.4) is 0 Å². The number of unbranched alkanes of at least 4 members (excludes halogenated alkanes) is 12. The topological polar surface area (TPSA) is 55.8 Å². The van der Waals surface area contributed by atoms with Crippen LogP contribution in [0.25, 0.3) is 0 Å². The van der Waals surface area contributed by atoms with Gasteiger partial charge < -0.3 is 0 Å². The van der Waals surface area contributed by atoms with Gasteiger partial charge in [0.2, 0.25) is 0 Å². The number of rotatable bonds is 25.